The van der Waals surface area contributed by atoms with Crippen LogP contribution in [0.4, 0.5) is 0 Å². The number of hydrogen-bond donors (Lipinski definition) is 2. The predicted octanol–water partition coefficient (Wildman–Crippen LogP) is -7.52. The van der Waals surface area contributed by atoms with Crippen LogP contribution < -0.4 is 118 Å². The summed E-state index contributed by atoms with van der Waals surface area (Å²) >= 11 is 0. The number of rotatable bonds is 7. The van der Waals surface area contributed by atoms with Crippen molar-refractivity contribution in [3.05, 3.63) is 36.0 Å². The molecule has 116 valence electrons. The van der Waals surface area contributed by atoms with Gasteiger partial charge in [-0.2, -0.15) is 0 Å². The van der Waals surface area contributed by atoms with Crippen LogP contribution in [0.3, 0.4) is 0 Å². The van der Waals surface area contributed by atoms with Gasteiger partial charge in [-0.05, 0) is 18.1 Å². The van der Waals surface area contributed by atoms with Gasteiger partial charge in [-0.15, -0.1) is 0 Å². The number of hydrogen-bond acceptors (Lipinski definition) is 5. The zero-order valence-corrected chi connectivity index (χ0v) is 19.9. The molecular weight excluding hydrogens is 366 g/mol. The van der Waals surface area contributed by atoms with Crippen LogP contribution in [-0.4, -0.2) is 28.9 Å². The fourth-order valence-corrected chi connectivity index (χ4v) is 2.20. The van der Waals surface area contributed by atoms with Crippen LogP contribution in [0.2, 0.25) is 0 Å². The van der Waals surface area contributed by atoms with E-state index in [1.807, 2.05) is 24.3 Å². The molecule has 0 saturated heterocycles. The fourth-order valence-electron chi connectivity index (χ4n) is 2.20. The maximum atomic E-state index is 11.6. The summed E-state index contributed by atoms with van der Waals surface area (Å²) in [5.74, 6) is -3.46. The molecule has 0 radical (unpaired) electrons. The van der Waals surface area contributed by atoms with Gasteiger partial charge in [0.25, 0.3) is 0 Å². The van der Waals surface area contributed by atoms with Gasteiger partial charge >= 0.3 is 103 Å². The molecule has 0 spiro atoms. The summed E-state index contributed by atoms with van der Waals surface area (Å²) in [7, 11) is 0. The topological polar surface area (TPSA) is 125 Å². The van der Waals surface area contributed by atoms with Crippen molar-refractivity contribution >= 4 is 28.7 Å². The molecule has 2 rings (SSSR count). The van der Waals surface area contributed by atoms with Crippen molar-refractivity contribution < 1.29 is 127 Å². The van der Waals surface area contributed by atoms with E-state index in [0.29, 0.717) is 0 Å². The summed E-state index contributed by atoms with van der Waals surface area (Å²) in [6.45, 7) is 0. The Hall–Kier alpha value is 0.443. The molecule has 7 nitrogen and oxygen atoms in total. The number of aromatic nitrogens is 1. The van der Waals surface area contributed by atoms with Crippen LogP contribution in [0.15, 0.2) is 30.5 Å². The van der Waals surface area contributed by atoms with E-state index < -0.39 is 30.3 Å². The Bertz CT molecular complexity index is 717. The molecule has 1 amide bonds. The number of aliphatic carboxylic acids is 2. The molecule has 0 aliphatic rings. The normalized spacial score (nSPS) is 11.0. The molecule has 24 heavy (non-hydrogen) atoms. The van der Waals surface area contributed by atoms with Gasteiger partial charge in [0.1, 0.15) is 0 Å². The molecular formula is C15H14K2N2O5. The van der Waals surface area contributed by atoms with Crippen molar-refractivity contribution in [1.29, 1.82) is 0 Å². The third-order valence-corrected chi connectivity index (χ3v) is 3.27. The number of H-pyrrole nitrogens is 1. The smallest absolute Gasteiger partial charge is 0.550 e. The van der Waals surface area contributed by atoms with Crippen LogP contribution in [0.5, 0.6) is 0 Å². The molecule has 0 bridgehead atoms. The second-order valence-electron chi connectivity index (χ2n) is 4.87. The first-order valence-electron chi connectivity index (χ1n) is 6.72. The Balaban J connectivity index is 0.00000264. The Labute approximate surface area is 223 Å². The molecule has 1 aromatic heterocycles. The minimum Gasteiger partial charge on any atom is -0.550 e. The average molecular weight is 380 g/mol. The molecule has 2 aromatic rings. The van der Waals surface area contributed by atoms with Gasteiger partial charge in [0, 0.05) is 35.9 Å². The molecule has 0 aliphatic carbocycles. The van der Waals surface area contributed by atoms with Gasteiger partial charge in [-0.3, -0.25) is 4.79 Å². The second-order valence-corrected chi connectivity index (χ2v) is 4.87. The summed E-state index contributed by atoms with van der Waals surface area (Å²) in [6, 6.07) is 6.14. The molecule has 2 N–H and O–H groups in total. The number of carbonyl (C=O) groups is 3. The van der Waals surface area contributed by atoms with Crippen LogP contribution >= 0.6 is 0 Å². The number of carboxylic acid groups (broad SMARTS) is 2. The zero-order chi connectivity index (χ0) is 16.1. The first-order chi connectivity index (χ1) is 10.5. The number of fused-ring (bicyclic) bond motifs is 1. The van der Waals surface area contributed by atoms with Gasteiger partial charge in [0.15, 0.2) is 0 Å². The van der Waals surface area contributed by atoms with E-state index in [4.69, 9.17) is 0 Å². The van der Waals surface area contributed by atoms with Gasteiger partial charge in [0.05, 0.1) is 12.0 Å². The van der Waals surface area contributed by atoms with E-state index in [2.05, 4.69) is 10.3 Å². The second kappa shape index (κ2) is 11.9. The number of amides is 1. The Morgan fingerprint density at radius 1 is 1.08 bits per heavy atom. The van der Waals surface area contributed by atoms with Crippen molar-refractivity contribution in [3.63, 3.8) is 0 Å². The summed E-state index contributed by atoms with van der Waals surface area (Å²) in [5, 5.41) is 24.6. The summed E-state index contributed by atoms with van der Waals surface area (Å²) in [6.07, 6.45) is 0.927. The van der Waals surface area contributed by atoms with E-state index in [-0.39, 0.29) is 116 Å². The van der Waals surface area contributed by atoms with Crippen molar-refractivity contribution in [2.24, 2.45) is 0 Å². The standard InChI is InChI=1S/C15H16N2O5.2K/c18-13(5-6-14(19)20)17-12(15(21)22)7-9-8-16-11-4-2-1-3-10(9)11;;/h1-4,8,12,16H,5-7H2,(H,17,18)(H,19,20)(H,21,22);;/q;2*+1/p-2/t12-;;/m0../s1. The molecule has 1 aromatic carbocycles. The Morgan fingerprint density at radius 2 is 1.75 bits per heavy atom. The molecule has 0 fully saturated rings. The Morgan fingerprint density at radius 3 is 2.38 bits per heavy atom. The number of carboxylic acids is 2. The molecule has 0 saturated carbocycles. The van der Waals surface area contributed by atoms with E-state index in [0.717, 1.165) is 16.5 Å². The van der Waals surface area contributed by atoms with E-state index in [1.165, 1.54) is 0 Å². The van der Waals surface area contributed by atoms with Gasteiger partial charge in [-0.1, -0.05) is 18.2 Å². The van der Waals surface area contributed by atoms with E-state index >= 15 is 0 Å². The third kappa shape index (κ3) is 7.36. The van der Waals surface area contributed by atoms with Crippen molar-refractivity contribution in [2.75, 3.05) is 0 Å². The van der Waals surface area contributed by atoms with Crippen LogP contribution in [0.25, 0.3) is 10.9 Å². The number of aromatic amines is 1. The number of para-hydroxylation sites is 1. The largest absolute Gasteiger partial charge is 1.00 e. The van der Waals surface area contributed by atoms with Gasteiger partial charge in [0.2, 0.25) is 5.91 Å². The summed E-state index contributed by atoms with van der Waals surface area (Å²) in [5.41, 5.74) is 1.59. The molecule has 9 heteroatoms. The zero-order valence-electron chi connectivity index (χ0n) is 13.6. The van der Waals surface area contributed by atoms with Crippen LogP contribution in [0, 0.1) is 0 Å². The maximum Gasteiger partial charge on any atom is 1.00 e. The SMILES string of the molecule is O=C([O-])CCC(=O)N[C@@H](Cc1c[nH]c2ccccc12)C(=O)[O-].[K+].[K+]. The van der Waals surface area contributed by atoms with Crippen LogP contribution in [-0.2, 0) is 20.8 Å². The first kappa shape index (κ1) is 24.4. The minimum absolute atomic E-state index is 0. The van der Waals surface area contributed by atoms with Crippen molar-refractivity contribution in [3.8, 4) is 0 Å². The van der Waals surface area contributed by atoms with Gasteiger partial charge in [-0.25, -0.2) is 0 Å². The van der Waals surface area contributed by atoms with E-state index in [9.17, 15) is 24.6 Å². The maximum absolute atomic E-state index is 11.6. The summed E-state index contributed by atoms with van der Waals surface area (Å²) < 4.78 is 0. The number of carbonyl (C=O) groups excluding carboxylic acids is 3. The summed E-state index contributed by atoms with van der Waals surface area (Å²) in [4.78, 5) is 36.0. The first-order valence-corrected chi connectivity index (χ1v) is 6.72. The van der Waals surface area contributed by atoms with Gasteiger partial charge < -0.3 is 30.1 Å². The molecule has 1 heterocycles. The third-order valence-electron chi connectivity index (χ3n) is 3.27. The van der Waals surface area contributed by atoms with Crippen molar-refractivity contribution in [1.82, 2.24) is 10.3 Å². The monoisotopic (exact) mass is 380 g/mol. The number of nitrogens with one attached hydrogen (secondary N) is 2. The fraction of sp³-hybridized carbons (Fsp3) is 0.267. The van der Waals surface area contributed by atoms with E-state index in [1.54, 1.807) is 6.20 Å². The average Bonchev–Trinajstić information content (AvgIpc) is 2.87. The van der Waals surface area contributed by atoms with Crippen molar-refractivity contribution in [2.45, 2.75) is 25.3 Å². The molecule has 1 atom stereocenters. The number of benzene rings is 1. The predicted molar refractivity (Wildman–Crippen MR) is 73.2 cm³/mol. The quantitative estimate of drug-likeness (QED) is 0.462. The Kier molecular flexibility index (Phi) is 12.2. The molecule has 0 aliphatic heterocycles. The van der Waals surface area contributed by atoms with Crippen LogP contribution in [0.1, 0.15) is 18.4 Å². The minimum atomic E-state index is -1.42. The molecule has 0 unspecified atom stereocenters.